The van der Waals surface area contributed by atoms with E-state index in [1.807, 2.05) is 0 Å². The molecule has 0 atom stereocenters. The molecule has 0 fully saturated rings. The molecule has 7 rings (SSSR count). The summed E-state index contributed by atoms with van der Waals surface area (Å²) in [6.07, 6.45) is -50.5. The van der Waals surface area contributed by atoms with E-state index in [4.69, 9.17) is 0 Å². The molecule has 26 heteroatoms. The molecular weight excluding hydrogens is 1110 g/mol. The highest BCUT2D eigenvalue weighted by molar-refractivity contribution is 7.20. The van der Waals surface area contributed by atoms with Gasteiger partial charge in [0, 0.05) is 17.7 Å². The van der Waals surface area contributed by atoms with Gasteiger partial charge < -0.3 is 0 Å². The van der Waals surface area contributed by atoms with Crippen LogP contribution in [0.15, 0.2) is 146 Å². The van der Waals surface area contributed by atoms with E-state index < -0.39 is 195 Å². The number of halogens is 24. The summed E-state index contributed by atoms with van der Waals surface area (Å²) in [7, 11) is 0. The maximum absolute atomic E-state index is 14.2. The van der Waals surface area contributed by atoms with Gasteiger partial charge in [0.2, 0.25) is 0 Å². The number of pyridine rings is 1. The molecule has 0 aliphatic rings. The molecular formula is C52H32BF24N. The molecule has 0 aliphatic carbocycles. The number of benzene rings is 6. The van der Waals surface area contributed by atoms with Gasteiger partial charge in [0.25, 0.3) is 0 Å². The summed E-state index contributed by atoms with van der Waals surface area (Å²) in [4.78, 5) is 0. The summed E-state index contributed by atoms with van der Waals surface area (Å²) < 4.78 is 343. The fourth-order valence-corrected chi connectivity index (χ4v) is 8.67. The molecule has 0 aliphatic heterocycles. The Labute approximate surface area is 425 Å². The maximum Gasteiger partial charge on any atom is 0.416 e. The Hall–Kier alpha value is -7.15. The van der Waals surface area contributed by atoms with Crippen molar-refractivity contribution >= 4 is 28.0 Å². The van der Waals surface area contributed by atoms with E-state index in [0.29, 0.717) is 0 Å². The van der Waals surface area contributed by atoms with E-state index in [1.165, 1.54) is 27.8 Å². The largest absolute Gasteiger partial charge is 0.416 e. The van der Waals surface area contributed by atoms with Crippen molar-refractivity contribution in [2.45, 2.75) is 69.8 Å². The molecule has 7 aromatic rings. The van der Waals surface area contributed by atoms with Crippen molar-refractivity contribution in [2.24, 2.45) is 0 Å². The van der Waals surface area contributed by atoms with Crippen LogP contribution >= 0.6 is 0 Å². The standard InChI is InChI=1S/C32H12BF24.C20H20N/c34-25(35,36)13-1-14(26(37,38)39)6-21(5-13)33(22-7-15(27(40,41)42)2-16(8-22)28(43,44)45,23-9-17(29(46,47)48)3-18(10-23)30(49,50)51)24-11-19(31(52,53)54)4-20(12-24)32(55,56)57;1-16-7-6-10-20(17(16)2)19-11-13-21(14-12-19)15-18-8-4-3-5-9-18/h1-12H;3-14H,15H2,1-2H3/q-1;+1. The Morgan fingerprint density at radius 1 is 0.321 bits per heavy atom. The third kappa shape index (κ3) is 13.6. The Morgan fingerprint density at radius 3 is 0.846 bits per heavy atom. The molecule has 416 valence electrons. The summed E-state index contributed by atoms with van der Waals surface area (Å²) in [6, 6.07) is 12.6. The molecule has 0 spiro atoms. The van der Waals surface area contributed by atoms with Crippen molar-refractivity contribution in [1.82, 2.24) is 0 Å². The number of hydrogen-bond donors (Lipinski definition) is 0. The van der Waals surface area contributed by atoms with Crippen LogP contribution in [0.2, 0.25) is 0 Å². The fourth-order valence-electron chi connectivity index (χ4n) is 8.67. The minimum atomic E-state index is -6.13. The number of aromatic nitrogens is 1. The van der Waals surface area contributed by atoms with Gasteiger partial charge in [-0.05, 0) is 60.4 Å². The predicted octanol–water partition coefficient (Wildman–Crippen LogP) is 15.5. The van der Waals surface area contributed by atoms with Gasteiger partial charge >= 0.3 is 49.4 Å². The topological polar surface area (TPSA) is 3.88 Å². The number of hydrogen-bond acceptors (Lipinski definition) is 0. The highest BCUT2D eigenvalue weighted by Crippen LogP contribution is 2.41. The Balaban J connectivity index is 0.000000387. The maximum atomic E-state index is 14.2. The first-order valence-electron chi connectivity index (χ1n) is 22.0. The Kier molecular flexibility index (Phi) is 16.1. The first-order chi connectivity index (χ1) is 35.5. The fraction of sp³-hybridized carbons (Fsp3) is 0.212. The molecule has 78 heavy (non-hydrogen) atoms. The molecule has 1 aromatic heterocycles. The lowest BCUT2D eigenvalue weighted by atomic mass is 9.12. The zero-order chi connectivity index (χ0) is 58.6. The SMILES string of the molecule is Cc1cccc(-c2cc[n+](Cc3ccccc3)cc2)c1C.FC(F)(F)c1cc([B-](c2cc(C(F)(F)F)cc(C(F)(F)F)c2)(c2cc(C(F)(F)F)cc(C(F)(F)F)c2)c2cc(C(F)(F)F)cc(C(F)(F)F)c2)cc(C(F)(F)F)c1. The van der Waals surface area contributed by atoms with Gasteiger partial charge in [-0.1, -0.05) is 97.1 Å². The minimum Gasteiger partial charge on any atom is -0.201 e. The van der Waals surface area contributed by atoms with Gasteiger partial charge in [-0.2, -0.15) is 127 Å². The minimum absolute atomic E-state index is 0.691. The van der Waals surface area contributed by atoms with Crippen molar-refractivity contribution in [1.29, 1.82) is 0 Å². The van der Waals surface area contributed by atoms with Gasteiger partial charge in [0.05, 0.1) is 44.5 Å². The predicted molar refractivity (Wildman–Crippen MR) is 237 cm³/mol. The van der Waals surface area contributed by atoms with Crippen molar-refractivity contribution in [3.63, 3.8) is 0 Å². The Morgan fingerprint density at radius 2 is 0.590 bits per heavy atom. The van der Waals surface area contributed by atoms with Crippen LogP contribution in [0.1, 0.15) is 61.2 Å². The van der Waals surface area contributed by atoms with E-state index in [-0.39, 0.29) is 0 Å². The third-order valence-electron chi connectivity index (χ3n) is 12.5. The van der Waals surface area contributed by atoms with Crippen molar-refractivity contribution < 1.29 is 110 Å². The lowest BCUT2D eigenvalue weighted by Gasteiger charge is -2.46. The Bertz CT molecular complexity index is 2830. The summed E-state index contributed by atoms with van der Waals surface area (Å²) in [6.45, 7) is 5.26. The highest BCUT2D eigenvalue weighted by Gasteiger charge is 2.47. The molecule has 1 nitrogen and oxygen atoms in total. The first-order valence-corrected chi connectivity index (χ1v) is 22.0. The molecule has 6 aromatic carbocycles. The van der Waals surface area contributed by atoms with Crippen molar-refractivity contribution in [3.05, 3.63) is 207 Å². The van der Waals surface area contributed by atoms with Gasteiger partial charge in [-0.25, -0.2) is 4.57 Å². The number of nitrogens with zero attached hydrogens (tertiary/aromatic N) is 1. The van der Waals surface area contributed by atoms with Crippen LogP contribution in [0.3, 0.4) is 0 Å². The van der Waals surface area contributed by atoms with Crippen LogP contribution in [0.5, 0.6) is 0 Å². The first kappa shape index (κ1) is 60.1. The lowest BCUT2D eigenvalue weighted by molar-refractivity contribution is -0.688. The van der Waals surface area contributed by atoms with Crippen LogP contribution in [0, 0.1) is 13.8 Å². The quantitative estimate of drug-likeness (QED) is 0.0851. The highest BCUT2D eigenvalue weighted by atomic mass is 19.4. The van der Waals surface area contributed by atoms with Crippen LogP contribution in [0.4, 0.5) is 105 Å². The third-order valence-corrected chi connectivity index (χ3v) is 12.5. The molecule has 0 amide bonds. The molecule has 0 bridgehead atoms. The van der Waals surface area contributed by atoms with E-state index >= 15 is 0 Å². The molecule has 0 radical (unpaired) electrons. The summed E-state index contributed by atoms with van der Waals surface area (Å²) in [5, 5.41) is 0. The average Bonchev–Trinajstić information content (AvgIpc) is 3.52. The molecule has 1 heterocycles. The molecule has 0 unspecified atom stereocenters. The second-order valence-electron chi connectivity index (χ2n) is 17.7. The van der Waals surface area contributed by atoms with Gasteiger partial charge in [0.15, 0.2) is 18.9 Å². The van der Waals surface area contributed by atoms with Gasteiger partial charge in [-0.15, -0.1) is 0 Å². The summed E-state index contributed by atoms with van der Waals surface area (Å²) in [5.74, 6) is 0. The van der Waals surface area contributed by atoms with Gasteiger partial charge in [-0.3, -0.25) is 0 Å². The second kappa shape index (κ2) is 20.9. The normalized spacial score (nSPS) is 13.3. The monoisotopic (exact) mass is 1140 g/mol. The number of alkyl halides is 24. The molecule has 0 saturated heterocycles. The van der Waals surface area contributed by atoms with Crippen LogP contribution in [-0.4, -0.2) is 6.15 Å². The molecule has 0 N–H and O–H groups in total. The van der Waals surface area contributed by atoms with Crippen LogP contribution in [-0.2, 0) is 56.0 Å². The smallest absolute Gasteiger partial charge is 0.201 e. The van der Waals surface area contributed by atoms with Crippen LogP contribution < -0.4 is 26.4 Å². The van der Waals surface area contributed by atoms with Crippen LogP contribution in [0.25, 0.3) is 11.1 Å². The van der Waals surface area contributed by atoms with Gasteiger partial charge in [0.1, 0.15) is 6.15 Å². The van der Waals surface area contributed by atoms with E-state index in [9.17, 15) is 105 Å². The zero-order valence-electron chi connectivity index (χ0n) is 39.2. The van der Waals surface area contributed by atoms with Crippen molar-refractivity contribution in [2.75, 3.05) is 0 Å². The summed E-state index contributed by atoms with van der Waals surface area (Å²) in [5.41, 5.74) is -23.6. The van der Waals surface area contributed by atoms with E-state index in [0.717, 1.165) is 6.54 Å². The second-order valence-corrected chi connectivity index (χ2v) is 17.7. The van der Waals surface area contributed by atoms with E-state index in [2.05, 4.69) is 91.5 Å². The number of rotatable bonds is 7. The zero-order valence-corrected chi connectivity index (χ0v) is 39.2. The number of aryl methyl sites for hydroxylation is 1. The molecule has 0 saturated carbocycles. The summed E-state index contributed by atoms with van der Waals surface area (Å²) >= 11 is 0. The van der Waals surface area contributed by atoms with Crippen molar-refractivity contribution in [3.8, 4) is 11.1 Å². The average molecular weight is 1140 g/mol. The lowest BCUT2D eigenvalue weighted by Crippen LogP contribution is -2.75. The van der Waals surface area contributed by atoms with E-state index in [1.54, 1.807) is 0 Å².